The van der Waals surface area contributed by atoms with E-state index in [4.69, 9.17) is 4.74 Å². The Morgan fingerprint density at radius 3 is 2.36 bits per heavy atom. The summed E-state index contributed by atoms with van der Waals surface area (Å²) in [5.41, 5.74) is 1.39. The van der Waals surface area contributed by atoms with E-state index in [1.807, 2.05) is 30.3 Å². The molecular weight excluding hydrogens is 316 g/mol. The Morgan fingerprint density at radius 1 is 1.08 bits per heavy atom. The Bertz CT molecular complexity index is 765. The van der Waals surface area contributed by atoms with Crippen molar-refractivity contribution in [2.75, 3.05) is 13.7 Å². The molecule has 0 atom stereocenters. The van der Waals surface area contributed by atoms with Gasteiger partial charge in [0, 0.05) is 12.1 Å². The molecular formula is C20H20N2O3. The van der Waals surface area contributed by atoms with Gasteiger partial charge in [0.2, 0.25) is 0 Å². The Labute approximate surface area is 147 Å². The van der Waals surface area contributed by atoms with Crippen LogP contribution in [0, 0.1) is 0 Å². The second-order valence-corrected chi connectivity index (χ2v) is 5.15. The molecule has 5 heteroatoms. The van der Waals surface area contributed by atoms with Gasteiger partial charge in [-0.1, -0.05) is 36.4 Å². The lowest BCUT2D eigenvalue weighted by molar-refractivity contribution is -0.117. The lowest BCUT2D eigenvalue weighted by Gasteiger charge is -2.10. The van der Waals surface area contributed by atoms with Crippen LogP contribution in [0.4, 0.5) is 0 Å². The number of rotatable bonds is 7. The fourth-order valence-corrected chi connectivity index (χ4v) is 2.07. The van der Waals surface area contributed by atoms with Gasteiger partial charge in [-0.05, 0) is 35.9 Å². The van der Waals surface area contributed by atoms with E-state index in [0.29, 0.717) is 17.9 Å². The molecule has 0 heterocycles. The zero-order valence-electron chi connectivity index (χ0n) is 14.0. The molecule has 2 N–H and O–H groups in total. The van der Waals surface area contributed by atoms with Crippen LogP contribution in [0.5, 0.6) is 5.75 Å². The highest BCUT2D eigenvalue weighted by atomic mass is 16.5. The summed E-state index contributed by atoms with van der Waals surface area (Å²) in [4.78, 5) is 24.7. The first kappa shape index (κ1) is 18.0. The number of ether oxygens (including phenoxy) is 1. The summed E-state index contributed by atoms with van der Waals surface area (Å²) in [5, 5.41) is 5.33. The van der Waals surface area contributed by atoms with Crippen molar-refractivity contribution >= 4 is 17.9 Å². The molecule has 0 aliphatic carbocycles. The van der Waals surface area contributed by atoms with E-state index < -0.39 is 0 Å². The molecule has 0 aliphatic heterocycles. The van der Waals surface area contributed by atoms with Gasteiger partial charge in [0.1, 0.15) is 11.4 Å². The van der Waals surface area contributed by atoms with Crippen LogP contribution in [0.3, 0.4) is 0 Å². The minimum absolute atomic E-state index is 0.161. The highest BCUT2D eigenvalue weighted by molar-refractivity contribution is 6.05. The molecule has 0 bridgehead atoms. The van der Waals surface area contributed by atoms with Gasteiger partial charge in [-0.25, -0.2) is 0 Å². The van der Waals surface area contributed by atoms with E-state index in [0.717, 1.165) is 5.56 Å². The van der Waals surface area contributed by atoms with E-state index in [9.17, 15) is 9.59 Å². The lowest BCUT2D eigenvalue weighted by atomic mass is 10.1. The van der Waals surface area contributed by atoms with Crippen molar-refractivity contribution < 1.29 is 14.3 Å². The molecule has 0 saturated carbocycles. The summed E-state index contributed by atoms with van der Waals surface area (Å²) in [6.07, 6.45) is 3.20. The second kappa shape index (κ2) is 9.08. The average molecular weight is 336 g/mol. The Hall–Kier alpha value is -3.34. The average Bonchev–Trinajstić information content (AvgIpc) is 2.66. The first-order chi connectivity index (χ1) is 12.1. The smallest absolute Gasteiger partial charge is 0.268 e. The molecule has 2 aromatic carbocycles. The summed E-state index contributed by atoms with van der Waals surface area (Å²) in [6, 6.07) is 15.9. The van der Waals surface area contributed by atoms with Gasteiger partial charge in [0.25, 0.3) is 11.8 Å². The van der Waals surface area contributed by atoms with Gasteiger partial charge >= 0.3 is 0 Å². The first-order valence-electron chi connectivity index (χ1n) is 7.75. The molecule has 0 saturated heterocycles. The van der Waals surface area contributed by atoms with Crippen LogP contribution in [0.2, 0.25) is 0 Å². The monoisotopic (exact) mass is 336 g/mol. The standard InChI is InChI=1S/C20H20N2O3/c1-3-13-21-20(24)18(14-15-7-5-4-6-8-15)22-19(23)16-9-11-17(25-2)12-10-16/h3-12,14H,1,13H2,2H3,(H,21,24)(H,22,23)/b18-14+. The molecule has 2 aromatic rings. The lowest BCUT2D eigenvalue weighted by Crippen LogP contribution is -2.34. The number of benzene rings is 2. The maximum atomic E-state index is 12.4. The third-order valence-electron chi connectivity index (χ3n) is 3.36. The van der Waals surface area contributed by atoms with Gasteiger partial charge < -0.3 is 15.4 Å². The van der Waals surface area contributed by atoms with Crippen molar-refractivity contribution in [2.24, 2.45) is 0 Å². The number of methoxy groups -OCH3 is 1. The molecule has 0 aliphatic rings. The summed E-state index contributed by atoms with van der Waals surface area (Å²) in [6.45, 7) is 3.88. The maximum absolute atomic E-state index is 12.4. The number of carbonyl (C=O) groups is 2. The van der Waals surface area contributed by atoms with Crippen LogP contribution in [0.1, 0.15) is 15.9 Å². The fraction of sp³-hybridized carbons (Fsp3) is 0.100. The third kappa shape index (κ3) is 5.35. The van der Waals surface area contributed by atoms with Crippen molar-refractivity contribution in [3.05, 3.63) is 84.1 Å². The summed E-state index contributed by atoms with van der Waals surface area (Å²) < 4.78 is 5.07. The van der Waals surface area contributed by atoms with Crippen molar-refractivity contribution in [1.82, 2.24) is 10.6 Å². The SMILES string of the molecule is C=CCNC(=O)/C(=C\c1ccccc1)NC(=O)c1ccc(OC)cc1. The van der Waals surface area contributed by atoms with Gasteiger partial charge in [-0.2, -0.15) is 0 Å². The number of hydrogen-bond acceptors (Lipinski definition) is 3. The number of nitrogens with one attached hydrogen (secondary N) is 2. The number of carbonyl (C=O) groups excluding carboxylic acids is 2. The molecule has 0 fully saturated rings. The van der Waals surface area contributed by atoms with Crippen molar-refractivity contribution in [3.8, 4) is 5.75 Å². The zero-order valence-corrected chi connectivity index (χ0v) is 14.0. The predicted molar refractivity (Wildman–Crippen MR) is 98.1 cm³/mol. The van der Waals surface area contributed by atoms with Crippen LogP contribution in [-0.4, -0.2) is 25.5 Å². The van der Waals surface area contributed by atoms with Crippen molar-refractivity contribution in [2.45, 2.75) is 0 Å². The predicted octanol–water partition coefficient (Wildman–Crippen LogP) is 2.77. The van der Waals surface area contributed by atoms with Gasteiger partial charge in [-0.15, -0.1) is 6.58 Å². The topological polar surface area (TPSA) is 67.4 Å². The Kier molecular flexibility index (Phi) is 6.54. The normalized spacial score (nSPS) is 10.7. The Morgan fingerprint density at radius 2 is 1.76 bits per heavy atom. The Balaban J connectivity index is 2.22. The van der Waals surface area contributed by atoms with Crippen LogP contribution >= 0.6 is 0 Å². The van der Waals surface area contributed by atoms with Crippen molar-refractivity contribution in [1.29, 1.82) is 0 Å². The second-order valence-electron chi connectivity index (χ2n) is 5.15. The van der Waals surface area contributed by atoms with Crippen LogP contribution in [-0.2, 0) is 4.79 Å². The van der Waals surface area contributed by atoms with E-state index in [2.05, 4.69) is 17.2 Å². The minimum Gasteiger partial charge on any atom is -0.497 e. The molecule has 0 spiro atoms. The summed E-state index contributed by atoms with van der Waals surface area (Å²) in [5.74, 6) is -0.107. The van der Waals surface area contributed by atoms with E-state index in [1.165, 1.54) is 0 Å². The molecule has 5 nitrogen and oxygen atoms in total. The van der Waals surface area contributed by atoms with Crippen LogP contribution in [0.15, 0.2) is 72.9 Å². The number of hydrogen-bond donors (Lipinski definition) is 2. The molecule has 128 valence electrons. The van der Waals surface area contributed by atoms with Crippen LogP contribution in [0.25, 0.3) is 6.08 Å². The van der Waals surface area contributed by atoms with Crippen molar-refractivity contribution in [3.63, 3.8) is 0 Å². The molecule has 2 amide bonds. The molecule has 2 rings (SSSR count). The van der Waals surface area contributed by atoms with Gasteiger partial charge in [-0.3, -0.25) is 9.59 Å². The maximum Gasteiger partial charge on any atom is 0.268 e. The molecule has 25 heavy (non-hydrogen) atoms. The molecule has 0 radical (unpaired) electrons. The number of amides is 2. The van der Waals surface area contributed by atoms with Gasteiger partial charge in [0.15, 0.2) is 0 Å². The largest absolute Gasteiger partial charge is 0.497 e. The third-order valence-corrected chi connectivity index (χ3v) is 3.36. The zero-order chi connectivity index (χ0) is 18.1. The highest BCUT2D eigenvalue weighted by Crippen LogP contribution is 2.12. The fourth-order valence-electron chi connectivity index (χ4n) is 2.07. The summed E-state index contributed by atoms with van der Waals surface area (Å²) >= 11 is 0. The van der Waals surface area contributed by atoms with Gasteiger partial charge in [0.05, 0.1) is 7.11 Å². The quantitative estimate of drug-likeness (QED) is 0.603. The summed E-state index contributed by atoms with van der Waals surface area (Å²) in [7, 11) is 1.56. The minimum atomic E-state index is -0.384. The molecule has 0 aromatic heterocycles. The van der Waals surface area contributed by atoms with Crippen LogP contribution < -0.4 is 15.4 Å². The van der Waals surface area contributed by atoms with E-state index in [1.54, 1.807) is 43.5 Å². The van der Waals surface area contributed by atoms with E-state index >= 15 is 0 Å². The first-order valence-corrected chi connectivity index (χ1v) is 7.75. The highest BCUT2D eigenvalue weighted by Gasteiger charge is 2.14. The van der Waals surface area contributed by atoms with E-state index in [-0.39, 0.29) is 17.5 Å². The molecule has 0 unspecified atom stereocenters.